The molecule has 0 aromatic heterocycles. The summed E-state index contributed by atoms with van der Waals surface area (Å²) < 4.78 is 33.5. The van der Waals surface area contributed by atoms with Crippen molar-refractivity contribution in [1.82, 2.24) is 5.32 Å². The van der Waals surface area contributed by atoms with Crippen LogP contribution in [-0.2, 0) is 9.53 Å². The summed E-state index contributed by atoms with van der Waals surface area (Å²) in [5.41, 5.74) is 0.161. The van der Waals surface area contributed by atoms with Gasteiger partial charge in [-0.15, -0.1) is 0 Å². The van der Waals surface area contributed by atoms with Crippen LogP contribution in [0, 0.1) is 0 Å². The van der Waals surface area contributed by atoms with Gasteiger partial charge in [0.15, 0.2) is 6.10 Å². The number of carbonyl (C=O) groups excluding carboxylic acids is 2. The average Bonchev–Trinajstić information content (AvgIpc) is 2.55. The highest BCUT2D eigenvalue weighted by Crippen LogP contribution is 2.18. The van der Waals surface area contributed by atoms with E-state index in [1.54, 1.807) is 0 Å². The van der Waals surface area contributed by atoms with E-state index < -0.39 is 18.7 Å². The van der Waals surface area contributed by atoms with Crippen LogP contribution in [0.1, 0.15) is 49.4 Å². The summed E-state index contributed by atoms with van der Waals surface area (Å²) >= 11 is 0. The number of nitrogens with one attached hydrogen (secondary N) is 1. The van der Waals surface area contributed by atoms with Crippen LogP contribution in [0.15, 0.2) is 24.3 Å². The first-order chi connectivity index (χ1) is 11.5. The Morgan fingerprint density at radius 2 is 1.75 bits per heavy atom. The SMILES string of the molecule is C[C@@H](OC(=O)c1ccc(OC(F)F)cc1)C(=O)NC1CCCCC1. The lowest BCUT2D eigenvalue weighted by atomic mass is 9.95. The van der Waals surface area contributed by atoms with Crippen LogP contribution < -0.4 is 10.1 Å². The van der Waals surface area contributed by atoms with E-state index in [9.17, 15) is 18.4 Å². The molecule has 1 aromatic rings. The Balaban J connectivity index is 1.84. The fraction of sp³-hybridized carbons (Fsp3) is 0.529. The maximum Gasteiger partial charge on any atom is 0.387 e. The van der Waals surface area contributed by atoms with Gasteiger partial charge in [0.05, 0.1) is 5.56 Å². The Bertz CT molecular complexity index is 556. The van der Waals surface area contributed by atoms with Crippen LogP contribution in [-0.4, -0.2) is 30.6 Å². The van der Waals surface area contributed by atoms with Gasteiger partial charge in [0.2, 0.25) is 0 Å². The van der Waals surface area contributed by atoms with E-state index in [0.29, 0.717) is 0 Å². The lowest BCUT2D eigenvalue weighted by Crippen LogP contribution is -2.42. The van der Waals surface area contributed by atoms with Crippen LogP contribution in [0.25, 0.3) is 0 Å². The summed E-state index contributed by atoms with van der Waals surface area (Å²) in [6.07, 6.45) is 4.33. The maximum atomic E-state index is 12.1. The largest absolute Gasteiger partial charge is 0.449 e. The first-order valence-corrected chi connectivity index (χ1v) is 8.02. The van der Waals surface area contributed by atoms with E-state index in [0.717, 1.165) is 25.7 Å². The van der Waals surface area contributed by atoms with Crippen LogP contribution >= 0.6 is 0 Å². The van der Waals surface area contributed by atoms with Gasteiger partial charge in [-0.05, 0) is 44.0 Å². The maximum absolute atomic E-state index is 12.1. The van der Waals surface area contributed by atoms with Crippen molar-refractivity contribution in [3.8, 4) is 5.75 Å². The molecule has 1 aromatic carbocycles. The van der Waals surface area contributed by atoms with Gasteiger partial charge in [-0.25, -0.2) is 4.79 Å². The quantitative estimate of drug-likeness (QED) is 0.807. The normalized spacial score (nSPS) is 16.5. The minimum atomic E-state index is -2.92. The molecule has 0 unspecified atom stereocenters. The monoisotopic (exact) mass is 341 g/mol. The number of carbonyl (C=O) groups is 2. The summed E-state index contributed by atoms with van der Waals surface area (Å²) in [6.45, 7) is -1.42. The van der Waals surface area contributed by atoms with Crippen molar-refractivity contribution in [3.63, 3.8) is 0 Å². The molecular formula is C17H21F2NO4. The Morgan fingerprint density at radius 1 is 1.12 bits per heavy atom. The summed E-state index contributed by atoms with van der Waals surface area (Å²) in [5, 5.41) is 2.89. The summed E-state index contributed by atoms with van der Waals surface area (Å²) in [5.74, 6) is -1.07. The second-order valence-corrected chi connectivity index (χ2v) is 5.79. The smallest absolute Gasteiger partial charge is 0.387 e. The van der Waals surface area contributed by atoms with Crippen molar-refractivity contribution < 1.29 is 27.8 Å². The molecule has 1 aliphatic rings. The molecule has 0 saturated heterocycles. The van der Waals surface area contributed by atoms with Crippen LogP contribution in [0.3, 0.4) is 0 Å². The molecule has 7 heteroatoms. The van der Waals surface area contributed by atoms with Crippen LogP contribution in [0.5, 0.6) is 5.75 Å². The summed E-state index contributed by atoms with van der Waals surface area (Å²) in [7, 11) is 0. The molecule has 1 N–H and O–H groups in total. The third kappa shape index (κ3) is 5.47. The first kappa shape index (κ1) is 18.2. The zero-order valence-corrected chi connectivity index (χ0v) is 13.5. The molecule has 1 saturated carbocycles. The van der Waals surface area contributed by atoms with Crippen molar-refractivity contribution in [1.29, 1.82) is 0 Å². The highest BCUT2D eigenvalue weighted by molar-refractivity contribution is 5.92. The molecule has 2 rings (SSSR count). The van der Waals surface area contributed by atoms with E-state index in [1.165, 1.54) is 37.6 Å². The Hall–Kier alpha value is -2.18. The van der Waals surface area contributed by atoms with E-state index >= 15 is 0 Å². The summed E-state index contributed by atoms with van der Waals surface area (Å²) in [4.78, 5) is 24.1. The number of hydrogen-bond donors (Lipinski definition) is 1. The third-order valence-corrected chi connectivity index (χ3v) is 3.92. The Labute approximate surface area is 139 Å². The fourth-order valence-electron chi connectivity index (χ4n) is 2.62. The van der Waals surface area contributed by atoms with E-state index in [-0.39, 0.29) is 23.3 Å². The molecule has 0 spiro atoms. The first-order valence-electron chi connectivity index (χ1n) is 8.02. The van der Waals surface area contributed by atoms with Crippen molar-refractivity contribution in [2.24, 2.45) is 0 Å². The predicted molar refractivity (Wildman–Crippen MR) is 83.0 cm³/mol. The minimum absolute atomic E-state index is 0.0513. The molecule has 0 radical (unpaired) electrons. The highest BCUT2D eigenvalue weighted by Gasteiger charge is 2.22. The zero-order chi connectivity index (χ0) is 17.5. The average molecular weight is 341 g/mol. The minimum Gasteiger partial charge on any atom is -0.449 e. The Morgan fingerprint density at radius 3 is 2.33 bits per heavy atom. The van der Waals surface area contributed by atoms with Gasteiger partial charge < -0.3 is 14.8 Å². The molecule has 132 valence electrons. The molecule has 5 nitrogen and oxygen atoms in total. The molecule has 1 fully saturated rings. The van der Waals surface area contributed by atoms with Crippen molar-refractivity contribution in [2.75, 3.05) is 0 Å². The van der Waals surface area contributed by atoms with Gasteiger partial charge in [0.25, 0.3) is 5.91 Å². The van der Waals surface area contributed by atoms with Gasteiger partial charge in [-0.3, -0.25) is 4.79 Å². The highest BCUT2D eigenvalue weighted by atomic mass is 19.3. The zero-order valence-electron chi connectivity index (χ0n) is 13.5. The molecule has 0 aliphatic heterocycles. The van der Waals surface area contributed by atoms with Crippen LogP contribution in [0.4, 0.5) is 8.78 Å². The number of rotatable bonds is 6. The molecule has 1 amide bonds. The number of esters is 1. The molecule has 0 bridgehead atoms. The number of halogens is 2. The van der Waals surface area contributed by atoms with E-state index in [2.05, 4.69) is 10.1 Å². The van der Waals surface area contributed by atoms with Crippen LogP contribution in [0.2, 0.25) is 0 Å². The molecule has 24 heavy (non-hydrogen) atoms. The number of alkyl halides is 2. The molecule has 1 atom stereocenters. The van der Waals surface area contributed by atoms with Gasteiger partial charge in [0.1, 0.15) is 5.75 Å². The van der Waals surface area contributed by atoms with Crippen molar-refractivity contribution >= 4 is 11.9 Å². The number of benzene rings is 1. The number of amides is 1. The lowest BCUT2D eigenvalue weighted by Gasteiger charge is -2.24. The topological polar surface area (TPSA) is 64.6 Å². The molecular weight excluding hydrogens is 320 g/mol. The summed E-state index contributed by atoms with van der Waals surface area (Å²) in [6, 6.07) is 5.25. The van der Waals surface area contributed by atoms with E-state index in [4.69, 9.17) is 4.74 Å². The number of ether oxygens (including phenoxy) is 2. The van der Waals surface area contributed by atoms with Crippen molar-refractivity contribution in [2.45, 2.75) is 57.8 Å². The van der Waals surface area contributed by atoms with Gasteiger partial charge >= 0.3 is 12.6 Å². The Kier molecular flexibility index (Phi) is 6.52. The predicted octanol–water partition coefficient (Wildman–Crippen LogP) is 3.28. The van der Waals surface area contributed by atoms with Gasteiger partial charge in [-0.2, -0.15) is 8.78 Å². The second kappa shape index (κ2) is 8.61. The van der Waals surface area contributed by atoms with Crippen molar-refractivity contribution in [3.05, 3.63) is 29.8 Å². The third-order valence-electron chi connectivity index (χ3n) is 3.92. The fourth-order valence-corrected chi connectivity index (χ4v) is 2.62. The standard InChI is InChI=1S/C17H21F2NO4/c1-11(15(21)20-13-5-3-2-4-6-13)23-16(22)12-7-9-14(10-8-12)24-17(18)19/h7-11,13,17H,2-6H2,1H3,(H,20,21)/t11-/m1/s1. The molecule has 1 aliphatic carbocycles. The number of hydrogen-bond acceptors (Lipinski definition) is 4. The molecule has 0 heterocycles. The lowest BCUT2D eigenvalue weighted by molar-refractivity contribution is -0.130. The van der Waals surface area contributed by atoms with Gasteiger partial charge in [-0.1, -0.05) is 19.3 Å². The second-order valence-electron chi connectivity index (χ2n) is 5.79. The van der Waals surface area contributed by atoms with E-state index in [1.807, 2.05) is 0 Å². The van der Waals surface area contributed by atoms with Gasteiger partial charge in [0, 0.05) is 6.04 Å².